The third-order valence-electron chi connectivity index (χ3n) is 6.18. The Bertz CT molecular complexity index is 792. The largest absolute Gasteiger partial charge is 0.466 e. The number of carbonyl (C=O) groups excluding carboxylic acids is 3. The highest BCUT2D eigenvalue weighted by Gasteiger charge is 2.34. The lowest BCUT2D eigenvalue weighted by atomic mass is 9.93. The van der Waals surface area contributed by atoms with Crippen LogP contribution in [-0.2, 0) is 19.1 Å². The molecule has 3 fully saturated rings. The van der Waals surface area contributed by atoms with Gasteiger partial charge in [-0.3, -0.25) is 19.3 Å². The maximum atomic E-state index is 13.1. The number of rotatable bonds is 5. The molecule has 9 nitrogen and oxygen atoms in total. The predicted octanol–water partition coefficient (Wildman–Crippen LogP) is 1.68. The van der Waals surface area contributed by atoms with Crippen molar-refractivity contribution in [3.63, 3.8) is 0 Å². The van der Waals surface area contributed by atoms with Gasteiger partial charge in [-0.05, 0) is 39.0 Å². The summed E-state index contributed by atoms with van der Waals surface area (Å²) in [6.07, 6.45) is 4.56. The number of amides is 2. The average molecular weight is 436 g/mol. The lowest BCUT2D eigenvalue weighted by Gasteiger charge is -2.37. The van der Waals surface area contributed by atoms with Crippen molar-refractivity contribution in [3.05, 3.63) is 0 Å². The SMILES string of the molecule is CCOC(=O)C1CCN(C(=O)[C@@H]2CCCN(c3nnc(N4CCCC4=O)s3)C2)CC1. The van der Waals surface area contributed by atoms with Gasteiger partial charge in [0.25, 0.3) is 0 Å². The quantitative estimate of drug-likeness (QED) is 0.649. The zero-order valence-electron chi connectivity index (χ0n) is 17.4. The molecule has 3 saturated heterocycles. The highest BCUT2D eigenvalue weighted by molar-refractivity contribution is 7.19. The monoisotopic (exact) mass is 435 g/mol. The summed E-state index contributed by atoms with van der Waals surface area (Å²) in [6.45, 7) is 5.61. The van der Waals surface area contributed by atoms with E-state index in [4.69, 9.17) is 4.74 Å². The molecule has 0 aromatic carbocycles. The van der Waals surface area contributed by atoms with Crippen molar-refractivity contribution < 1.29 is 19.1 Å². The molecule has 10 heteroatoms. The number of aromatic nitrogens is 2. The smallest absolute Gasteiger partial charge is 0.309 e. The highest BCUT2D eigenvalue weighted by atomic mass is 32.1. The summed E-state index contributed by atoms with van der Waals surface area (Å²) in [7, 11) is 0. The van der Waals surface area contributed by atoms with Crippen LogP contribution in [0.5, 0.6) is 0 Å². The van der Waals surface area contributed by atoms with E-state index < -0.39 is 0 Å². The van der Waals surface area contributed by atoms with Crippen LogP contribution in [0.4, 0.5) is 10.3 Å². The molecule has 0 radical (unpaired) electrons. The molecular formula is C20H29N5O4S. The van der Waals surface area contributed by atoms with Crippen LogP contribution in [-0.4, -0.2) is 72.2 Å². The number of ether oxygens (including phenoxy) is 1. The van der Waals surface area contributed by atoms with Crippen LogP contribution in [0.2, 0.25) is 0 Å². The van der Waals surface area contributed by atoms with E-state index in [0.29, 0.717) is 57.2 Å². The lowest BCUT2D eigenvalue weighted by Crippen LogP contribution is -2.48. The van der Waals surface area contributed by atoms with Crippen LogP contribution in [0.3, 0.4) is 0 Å². The van der Waals surface area contributed by atoms with Gasteiger partial charge in [-0.2, -0.15) is 0 Å². The zero-order valence-corrected chi connectivity index (χ0v) is 18.2. The van der Waals surface area contributed by atoms with E-state index in [9.17, 15) is 14.4 Å². The topological polar surface area (TPSA) is 95.9 Å². The second-order valence-corrected chi connectivity index (χ2v) is 9.09. The Morgan fingerprint density at radius 1 is 1.03 bits per heavy atom. The van der Waals surface area contributed by atoms with Crippen molar-refractivity contribution in [2.24, 2.45) is 11.8 Å². The van der Waals surface area contributed by atoms with Crippen molar-refractivity contribution in [3.8, 4) is 0 Å². The molecule has 1 aromatic rings. The first-order chi connectivity index (χ1) is 14.6. The van der Waals surface area contributed by atoms with Crippen LogP contribution in [0.25, 0.3) is 0 Å². The minimum atomic E-state index is -0.142. The van der Waals surface area contributed by atoms with Crippen molar-refractivity contribution in [1.29, 1.82) is 0 Å². The number of hydrogen-bond donors (Lipinski definition) is 0. The Hall–Kier alpha value is -2.23. The molecule has 0 saturated carbocycles. The van der Waals surface area contributed by atoms with Gasteiger partial charge in [0, 0.05) is 39.1 Å². The Balaban J connectivity index is 1.33. The summed E-state index contributed by atoms with van der Waals surface area (Å²) < 4.78 is 5.12. The fraction of sp³-hybridized carbons (Fsp3) is 0.750. The van der Waals surface area contributed by atoms with E-state index in [1.807, 2.05) is 11.8 Å². The molecule has 1 aromatic heterocycles. The van der Waals surface area contributed by atoms with Gasteiger partial charge in [-0.15, -0.1) is 10.2 Å². The van der Waals surface area contributed by atoms with E-state index in [1.165, 1.54) is 11.3 Å². The first kappa shape index (κ1) is 21.0. The number of esters is 1. The van der Waals surface area contributed by atoms with Crippen molar-refractivity contribution in [2.45, 2.75) is 45.4 Å². The van der Waals surface area contributed by atoms with Crippen molar-refractivity contribution in [1.82, 2.24) is 15.1 Å². The van der Waals surface area contributed by atoms with Crippen LogP contribution in [0.1, 0.15) is 45.4 Å². The normalized spacial score (nSPS) is 23.2. The Morgan fingerprint density at radius 3 is 2.50 bits per heavy atom. The highest BCUT2D eigenvalue weighted by Crippen LogP contribution is 2.33. The van der Waals surface area contributed by atoms with Gasteiger partial charge in [0.05, 0.1) is 18.4 Å². The van der Waals surface area contributed by atoms with Gasteiger partial charge >= 0.3 is 5.97 Å². The predicted molar refractivity (Wildman–Crippen MR) is 112 cm³/mol. The van der Waals surface area contributed by atoms with Crippen LogP contribution < -0.4 is 9.80 Å². The van der Waals surface area contributed by atoms with Gasteiger partial charge in [-0.1, -0.05) is 11.3 Å². The molecule has 3 aliphatic rings. The van der Waals surface area contributed by atoms with Gasteiger partial charge in [0.2, 0.25) is 22.1 Å². The molecule has 1 atom stereocenters. The Kier molecular flexibility index (Phi) is 6.50. The number of hydrogen-bond acceptors (Lipinski definition) is 8. The third kappa shape index (κ3) is 4.43. The van der Waals surface area contributed by atoms with E-state index in [2.05, 4.69) is 15.1 Å². The van der Waals surface area contributed by atoms with E-state index in [0.717, 1.165) is 30.9 Å². The molecule has 0 aliphatic carbocycles. The van der Waals surface area contributed by atoms with Gasteiger partial charge in [0.15, 0.2) is 0 Å². The van der Waals surface area contributed by atoms with Crippen LogP contribution in [0.15, 0.2) is 0 Å². The molecule has 4 heterocycles. The first-order valence-electron chi connectivity index (χ1n) is 10.9. The maximum Gasteiger partial charge on any atom is 0.309 e. The van der Waals surface area contributed by atoms with Crippen LogP contribution in [0, 0.1) is 11.8 Å². The summed E-state index contributed by atoms with van der Waals surface area (Å²) in [5.41, 5.74) is 0. The molecular weight excluding hydrogens is 406 g/mol. The van der Waals surface area contributed by atoms with Gasteiger partial charge in [-0.25, -0.2) is 0 Å². The number of anilines is 2. The fourth-order valence-corrected chi connectivity index (χ4v) is 5.43. The third-order valence-corrected chi connectivity index (χ3v) is 7.18. The molecule has 30 heavy (non-hydrogen) atoms. The Morgan fingerprint density at radius 2 is 1.80 bits per heavy atom. The molecule has 4 rings (SSSR count). The molecule has 0 N–H and O–H groups in total. The van der Waals surface area contributed by atoms with Gasteiger partial charge < -0.3 is 14.5 Å². The van der Waals surface area contributed by atoms with E-state index >= 15 is 0 Å². The lowest BCUT2D eigenvalue weighted by molar-refractivity contribution is -0.151. The summed E-state index contributed by atoms with van der Waals surface area (Å²) in [5.74, 6) is -0.0299. The molecule has 0 bridgehead atoms. The summed E-state index contributed by atoms with van der Waals surface area (Å²) in [4.78, 5) is 42.7. The second kappa shape index (κ2) is 9.28. The van der Waals surface area contributed by atoms with Crippen LogP contribution >= 0.6 is 11.3 Å². The van der Waals surface area contributed by atoms with E-state index in [-0.39, 0.29) is 29.6 Å². The average Bonchev–Trinajstić information content (AvgIpc) is 3.42. The number of piperidine rings is 2. The fourth-order valence-electron chi connectivity index (χ4n) is 4.50. The van der Waals surface area contributed by atoms with Gasteiger partial charge in [0.1, 0.15) is 0 Å². The van der Waals surface area contributed by atoms with E-state index in [1.54, 1.807) is 4.90 Å². The zero-order chi connectivity index (χ0) is 21.1. The molecule has 164 valence electrons. The number of nitrogens with zero attached hydrogens (tertiary/aromatic N) is 5. The second-order valence-electron chi connectivity index (χ2n) is 8.15. The molecule has 0 spiro atoms. The minimum Gasteiger partial charge on any atom is -0.466 e. The van der Waals surface area contributed by atoms with Crippen molar-refractivity contribution in [2.75, 3.05) is 49.1 Å². The molecule has 3 aliphatic heterocycles. The maximum absolute atomic E-state index is 13.1. The summed E-state index contributed by atoms with van der Waals surface area (Å²) in [6, 6.07) is 0. The number of carbonyl (C=O) groups is 3. The summed E-state index contributed by atoms with van der Waals surface area (Å²) in [5, 5.41) is 9.95. The Labute approximate surface area is 180 Å². The molecule has 0 unspecified atom stereocenters. The number of likely N-dealkylation sites (tertiary alicyclic amines) is 1. The molecule has 2 amide bonds. The minimum absolute atomic E-state index is 0.0707. The first-order valence-corrected chi connectivity index (χ1v) is 11.7. The van der Waals surface area contributed by atoms with Crippen molar-refractivity contribution >= 4 is 39.4 Å². The standard InChI is InChI=1S/C20H29N5O4S/c1-2-29-18(28)14-7-11-23(12-8-14)17(27)15-5-3-9-24(13-15)19-21-22-20(30-19)25-10-4-6-16(25)26/h14-15H,2-13H2,1H3/t15-/m1/s1. The summed E-state index contributed by atoms with van der Waals surface area (Å²) >= 11 is 1.43.